The third-order valence-corrected chi connectivity index (χ3v) is 2.38. The number of Topliss-reactive ketones (excluding diaryl/α,β-unsaturated/α-hetero) is 1. The predicted octanol–water partition coefficient (Wildman–Crippen LogP) is 0.727. The van der Waals surface area contributed by atoms with E-state index in [1.807, 2.05) is 6.92 Å². The maximum Gasteiger partial charge on any atom is 0.268 e. The van der Waals surface area contributed by atoms with Gasteiger partial charge < -0.3 is 15.6 Å². The first kappa shape index (κ1) is 15.7. The van der Waals surface area contributed by atoms with Crippen molar-refractivity contribution in [2.75, 3.05) is 6.54 Å². The van der Waals surface area contributed by atoms with E-state index in [9.17, 15) is 9.59 Å². The van der Waals surface area contributed by atoms with Crippen LogP contribution in [0.4, 0.5) is 0 Å². The molecule has 1 aromatic heterocycles. The zero-order valence-corrected chi connectivity index (χ0v) is 11.0. The molecule has 0 bridgehead atoms. The molecule has 1 amide bonds. The van der Waals surface area contributed by atoms with Gasteiger partial charge in [0.2, 0.25) is 0 Å². The molecule has 0 aliphatic carbocycles. The molecule has 0 aliphatic rings. The molecule has 0 fully saturated rings. The van der Waals surface area contributed by atoms with Gasteiger partial charge in [-0.2, -0.15) is 0 Å². The Labute approximate surface area is 107 Å². The Morgan fingerprint density at radius 2 is 2.12 bits per heavy atom. The summed E-state index contributed by atoms with van der Waals surface area (Å²) in [5.74, 6) is -0.269. The molecule has 5 nitrogen and oxygen atoms in total. The smallest absolute Gasteiger partial charge is 0.268 e. The van der Waals surface area contributed by atoms with E-state index < -0.39 is 0 Å². The highest BCUT2D eigenvalue weighted by Gasteiger charge is 2.14. The molecule has 0 unspecified atom stereocenters. The molecule has 17 heavy (non-hydrogen) atoms. The molecule has 0 aromatic carbocycles. The third kappa shape index (κ3) is 3.87. The first-order chi connectivity index (χ1) is 7.45. The lowest BCUT2D eigenvalue weighted by molar-refractivity contribution is 0.0933. The van der Waals surface area contributed by atoms with Crippen LogP contribution in [0.2, 0.25) is 0 Å². The van der Waals surface area contributed by atoms with Gasteiger partial charge in [0, 0.05) is 31.4 Å². The Morgan fingerprint density at radius 3 is 2.53 bits per heavy atom. The van der Waals surface area contributed by atoms with E-state index in [-0.39, 0.29) is 30.1 Å². The Balaban J connectivity index is 0.00000256. The van der Waals surface area contributed by atoms with E-state index >= 15 is 0 Å². The van der Waals surface area contributed by atoms with Gasteiger partial charge >= 0.3 is 0 Å². The number of amides is 1. The maximum atomic E-state index is 11.8. The average Bonchev–Trinajstić information content (AvgIpc) is 2.60. The summed E-state index contributed by atoms with van der Waals surface area (Å²) in [7, 11) is 1.73. The Hall–Kier alpha value is -1.33. The minimum absolute atomic E-state index is 0. The fraction of sp³-hybridized carbons (Fsp3) is 0.455. The zero-order valence-electron chi connectivity index (χ0n) is 10.2. The van der Waals surface area contributed by atoms with E-state index in [2.05, 4.69) is 5.32 Å². The van der Waals surface area contributed by atoms with Gasteiger partial charge in [-0.25, -0.2) is 0 Å². The maximum absolute atomic E-state index is 11.8. The Kier molecular flexibility index (Phi) is 5.91. The number of nitrogens with zero attached hydrogens (tertiary/aromatic N) is 1. The number of aryl methyl sites for hydroxylation is 1. The van der Waals surface area contributed by atoms with Gasteiger partial charge in [0.25, 0.3) is 5.91 Å². The fourth-order valence-electron chi connectivity index (χ4n) is 1.34. The summed E-state index contributed by atoms with van der Waals surface area (Å²) in [6.07, 6.45) is 1.64. The van der Waals surface area contributed by atoms with Crippen molar-refractivity contribution in [2.45, 2.75) is 19.9 Å². The van der Waals surface area contributed by atoms with Gasteiger partial charge in [0.1, 0.15) is 5.69 Å². The average molecular weight is 260 g/mol. The zero-order chi connectivity index (χ0) is 12.3. The molecule has 0 radical (unpaired) electrons. The second-order valence-electron chi connectivity index (χ2n) is 3.89. The van der Waals surface area contributed by atoms with Gasteiger partial charge in [-0.1, -0.05) is 0 Å². The minimum Gasteiger partial charge on any atom is -0.347 e. The molecular formula is C11H18ClN3O2. The quantitative estimate of drug-likeness (QED) is 0.783. The van der Waals surface area contributed by atoms with E-state index in [0.717, 1.165) is 0 Å². The molecule has 0 saturated heterocycles. The van der Waals surface area contributed by atoms with Crippen LogP contribution in [0.15, 0.2) is 12.3 Å². The van der Waals surface area contributed by atoms with Crippen molar-refractivity contribution in [3.8, 4) is 0 Å². The van der Waals surface area contributed by atoms with Crippen LogP contribution >= 0.6 is 12.4 Å². The first-order valence-electron chi connectivity index (χ1n) is 5.14. The Morgan fingerprint density at radius 1 is 1.53 bits per heavy atom. The highest BCUT2D eigenvalue weighted by molar-refractivity contribution is 5.99. The van der Waals surface area contributed by atoms with Crippen LogP contribution in [0.25, 0.3) is 0 Å². The predicted molar refractivity (Wildman–Crippen MR) is 68.6 cm³/mol. The summed E-state index contributed by atoms with van der Waals surface area (Å²) in [4.78, 5) is 22.9. The number of aromatic nitrogens is 1. The lowest BCUT2D eigenvalue weighted by Gasteiger charge is -2.11. The molecule has 0 aliphatic heterocycles. The van der Waals surface area contributed by atoms with Crippen molar-refractivity contribution in [3.63, 3.8) is 0 Å². The molecule has 1 aromatic rings. The molecule has 0 saturated carbocycles. The minimum atomic E-state index is -0.215. The summed E-state index contributed by atoms with van der Waals surface area (Å²) in [6, 6.07) is 1.50. The third-order valence-electron chi connectivity index (χ3n) is 2.38. The molecule has 3 N–H and O–H groups in total. The van der Waals surface area contributed by atoms with E-state index in [4.69, 9.17) is 5.73 Å². The van der Waals surface area contributed by atoms with Crippen LogP contribution in [-0.4, -0.2) is 28.8 Å². The fourth-order valence-corrected chi connectivity index (χ4v) is 1.34. The van der Waals surface area contributed by atoms with Crippen molar-refractivity contribution in [3.05, 3.63) is 23.5 Å². The number of halogens is 1. The van der Waals surface area contributed by atoms with Crippen LogP contribution in [0, 0.1) is 0 Å². The van der Waals surface area contributed by atoms with Crippen molar-refractivity contribution >= 4 is 24.1 Å². The second-order valence-corrected chi connectivity index (χ2v) is 3.89. The molecule has 0 spiro atoms. The van der Waals surface area contributed by atoms with E-state index in [0.29, 0.717) is 17.8 Å². The van der Waals surface area contributed by atoms with Gasteiger partial charge in [0.15, 0.2) is 5.78 Å². The SMILES string of the molecule is CC(=O)c1cc(C(=O)N[C@@H](C)CN)n(C)c1.Cl. The monoisotopic (exact) mass is 259 g/mol. The first-order valence-corrected chi connectivity index (χ1v) is 5.14. The van der Waals surface area contributed by atoms with Crippen molar-refractivity contribution in [2.24, 2.45) is 12.8 Å². The molecule has 96 valence electrons. The van der Waals surface area contributed by atoms with E-state index in [1.165, 1.54) is 6.92 Å². The number of ketones is 1. The molecule has 1 rings (SSSR count). The van der Waals surface area contributed by atoms with Crippen LogP contribution in [0.1, 0.15) is 34.7 Å². The summed E-state index contributed by atoms with van der Waals surface area (Å²) >= 11 is 0. The molecule has 1 heterocycles. The topological polar surface area (TPSA) is 77.1 Å². The van der Waals surface area contributed by atoms with Crippen molar-refractivity contribution in [1.29, 1.82) is 0 Å². The number of hydrogen-bond donors (Lipinski definition) is 2. The Bertz CT molecular complexity index is 415. The normalized spacial score (nSPS) is 11.5. The molecule has 6 heteroatoms. The van der Waals surface area contributed by atoms with E-state index in [1.54, 1.807) is 23.9 Å². The van der Waals surface area contributed by atoms with Crippen LogP contribution in [0.3, 0.4) is 0 Å². The summed E-state index contributed by atoms with van der Waals surface area (Å²) in [5.41, 5.74) is 6.41. The number of carbonyl (C=O) groups excluding carboxylic acids is 2. The lowest BCUT2D eigenvalue weighted by Crippen LogP contribution is -2.38. The van der Waals surface area contributed by atoms with Crippen LogP contribution in [-0.2, 0) is 7.05 Å². The number of nitrogens with one attached hydrogen (secondary N) is 1. The van der Waals surface area contributed by atoms with Crippen molar-refractivity contribution in [1.82, 2.24) is 9.88 Å². The lowest BCUT2D eigenvalue weighted by atomic mass is 10.2. The van der Waals surface area contributed by atoms with Gasteiger partial charge in [-0.3, -0.25) is 9.59 Å². The largest absolute Gasteiger partial charge is 0.347 e. The standard InChI is InChI=1S/C11H17N3O2.ClH/c1-7(5-12)13-11(16)10-4-9(8(2)15)6-14(10)3;/h4,6-7H,5,12H2,1-3H3,(H,13,16);1H/t7-;/m0./s1. The van der Waals surface area contributed by atoms with Gasteiger partial charge in [0.05, 0.1) is 0 Å². The molecular weight excluding hydrogens is 242 g/mol. The van der Waals surface area contributed by atoms with Crippen LogP contribution < -0.4 is 11.1 Å². The summed E-state index contributed by atoms with van der Waals surface area (Å²) in [6.45, 7) is 3.68. The summed E-state index contributed by atoms with van der Waals surface area (Å²) in [5, 5.41) is 2.74. The number of carbonyl (C=O) groups is 2. The highest BCUT2D eigenvalue weighted by Crippen LogP contribution is 2.08. The molecule has 1 atom stereocenters. The van der Waals surface area contributed by atoms with Gasteiger partial charge in [-0.15, -0.1) is 12.4 Å². The number of hydrogen-bond acceptors (Lipinski definition) is 3. The van der Waals surface area contributed by atoms with Crippen LogP contribution in [0.5, 0.6) is 0 Å². The highest BCUT2D eigenvalue weighted by atomic mass is 35.5. The van der Waals surface area contributed by atoms with Gasteiger partial charge in [-0.05, 0) is 19.9 Å². The van der Waals surface area contributed by atoms with Crippen molar-refractivity contribution < 1.29 is 9.59 Å². The second kappa shape index (κ2) is 6.42. The number of rotatable bonds is 4. The summed E-state index contributed by atoms with van der Waals surface area (Å²) < 4.78 is 1.63. The number of nitrogens with two attached hydrogens (primary N) is 1.